The molecule has 194 valence electrons. The van der Waals surface area contributed by atoms with Crippen molar-refractivity contribution in [1.82, 2.24) is 23.9 Å². The zero-order valence-corrected chi connectivity index (χ0v) is 20.9. The lowest BCUT2D eigenvalue weighted by molar-refractivity contribution is 0.164. The van der Waals surface area contributed by atoms with Crippen molar-refractivity contribution in [3.63, 3.8) is 0 Å². The Labute approximate surface area is 211 Å². The predicted octanol–water partition coefficient (Wildman–Crippen LogP) is 3.26. The first-order valence-corrected chi connectivity index (χ1v) is 12.0. The Kier molecular flexibility index (Phi) is 6.65. The number of aryl methyl sites for hydroxylation is 1. The van der Waals surface area contributed by atoms with Crippen molar-refractivity contribution in [2.24, 2.45) is 7.05 Å². The van der Waals surface area contributed by atoms with E-state index in [1.54, 1.807) is 48.0 Å². The number of likely N-dealkylation sites (N-methyl/N-ethyl adjacent to an activating group) is 1. The van der Waals surface area contributed by atoms with E-state index >= 15 is 8.78 Å². The number of carbonyl (C=O) groups excluding carboxylic acids is 1. The molecular weight excluding hydrogens is 482 g/mol. The van der Waals surface area contributed by atoms with Gasteiger partial charge in [-0.25, -0.2) is 18.4 Å². The number of urea groups is 1. The van der Waals surface area contributed by atoms with Gasteiger partial charge in [-0.3, -0.25) is 14.1 Å². The summed E-state index contributed by atoms with van der Waals surface area (Å²) in [6, 6.07) is 6.74. The summed E-state index contributed by atoms with van der Waals surface area (Å²) in [5, 5.41) is 3.20. The number of hydrogen-bond donors (Lipinski definition) is 1. The van der Waals surface area contributed by atoms with Gasteiger partial charge in [0.1, 0.15) is 11.6 Å². The predicted molar refractivity (Wildman–Crippen MR) is 138 cm³/mol. The van der Waals surface area contributed by atoms with Gasteiger partial charge in [0.25, 0.3) is 0 Å². The number of imidazole rings is 1. The van der Waals surface area contributed by atoms with Gasteiger partial charge in [0.15, 0.2) is 0 Å². The number of benzene rings is 2. The largest absolute Gasteiger partial charge is 0.383 e. The van der Waals surface area contributed by atoms with Crippen molar-refractivity contribution >= 4 is 33.7 Å². The third kappa shape index (κ3) is 4.56. The minimum Gasteiger partial charge on any atom is -0.383 e. The summed E-state index contributed by atoms with van der Waals surface area (Å²) >= 11 is 0. The fourth-order valence-electron chi connectivity index (χ4n) is 4.76. The van der Waals surface area contributed by atoms with E-state index in [9.17, 15) is 9.59 Å². The first-order chi connectivity index (χ1) is 17.8. The molecule has 11 heteroatoms. The highest BCUT2D eigenvalue weighted by Gasteiger charge is 2.21. The van der Waals surface area contributed by atoms with Crippen LogP contribution in [0.3, 0.4) is 0 Å². The minimum absolute atomic E-state index is 0.0454. The normalized spacial score (nSPS) is 14.6. The van der Waals surface area contributed by atoms with Crippen molar-refractivity contribution in [2.75, 3.05) is 52.3 Å². The van der Waals surface area contributed by atoms with E-state index in [1.165, 1.54) is 4.57 Å². The Morgan fingerprint density at radius 1 is 1.08 bits per heavy atom. The van der Waals surface area contributed by atoms with Gasteiger partial charge in [0.05, 0.1) is 41.5 Å². The summed E-state index contributed by atoms with van der Waals surface area (Å²) in [4.78, 5) is 33.6. The quantitative estimate of drug-likeness (QED) is 0.446. The number of ether oxygens (including phenoxy) is 1. The first kappa shape index (κ1) is 24.8. The maximum Gasteiger partial charge on any atom is 0.328 e. The first-order valence-electron chi connectivity index (χ1n) is 12.0. The number of carbonyl (C=O) groups is 1. The summed E-state index contributed by atoms with van der Waals surface area (Å²) in [5.74, 6) is -1.61. The van der Waals surface area contributed by atoms with E-state index in [2.05, 4.69) is 15.2 Å². The monoisotopic (exact) mass is 510 g/mol. The van der Waals surface area contributed by atoms with E-state index in [-0.39, 0.29) is 16.9 Å². The van der Waals surface area contributed by atoms with Crippen molar-refractivity contribution in [2.45, 2.75) is 6.54 Å². The molecule has 2 aromatic heterocycles. The average molecular weight is 511 g/mol. The Bertz CT molecular complexity index is 1530. The molecule has 9 nitrogen and oxygen atoms in total. The number of aromatic nitrogens is 3. The molecule has 0 spiro atoms. The SMILES string of the molecule is COCCn1c(=O)n(C)c2cnc3ccc(-c4c(F)cc(NC(=O)N5CCN(C)CC5)cc4F)cc3c21. The van der Waals surface area contributed by atoms with Crippen LogP contribution < -0.4 is 11.0 Å². The van der Waals surface area contributed by atoms with E-state index in [1.807, 2.05) is 7.05 Å². The molecule has 1 aliphatic heterocycles. The number of hydrogen-bond acceptors (Lipinski definition) is 5. The molecule has 0 unspecified atom stereocenters. The van der Waals surface area contributed by atoms with Crippen molar-refractivity contribution in [3.8, 4) is 11.1 Å². The highest BCUT2D eigenvalue weighted by atomic mass is 19.1. The van der Waals surface area contributed by atoms with Crippen LogP contribution in [0.15, 0.2) is 41.3 Å². The molecule has 1 fully saturated rings. The zero-order valence-electron chi connectivity index (χ0n) is 20.9. The molecular formula is C26H28F2N6O3. The number of amides is 2. The Morgan fingerprint density at radius 3 is 2.46 bits per heavy atom. The minimum atomic E-state index is -0.807. The molecule has 1 aliphatic rings. The molecule has 1 saturated heterocycles. The second kappa shape index (κ2) is 9.91. The van der Waals surface area contributed by atoms with Crippen LogP contribution in [-0.4, -0.2) is 76.9 Å². The fourth-order valence-corrected chi connectivity index (χ4v) is 4.76. The number of fused-ring (bicyclic) bond motifs is 3. The van der Waals surface area contributed by atoms with Crippen molar-refractivity contribution < 1.29 is 18.3 Å². The number of nitrogens with zero attached hydrogens (tertiary/aromatic N) is 5. The maximum absolute atomic E-state index is 15.3. The van der Waals surface area contributed by atoms with E-state index in [0.29, 0.717) is 53.7 Å². The second-order valence-electron chi connectivity index (χ2n) is 9.25. The number of anilines is 1. The van der Waals surface area contributed by atoms with Gasteiger partial charge >= 0.3 is 11.7 Å². The molecule has 2 aromatic carbocycles. The molecule has 0 radical (unpaired) electrons. The Hall–Kier alpha value is -3.83. The smallest absolute Gasteiger partial charge is 0.328 e. The summed E-state index contributed by atoms with van der Waals surface area (Å²) in [6.07, 6.45) is 1.61. The number of rotatable bonds is 5. The number of piperazine rings is 1. The molecule has 0 bridgehead atoms. The number of nitrogens with one attached hydrogen (secondary N) is 1. The lowest BCUT2D eigenvalue weighted by Gasteiger charge is -2.32. The molecule has 4 aromatic rings. The van der Waals surface area contributed by atoms with Crippen LogP contribution in [0.4, 0.5) is 19.3 Å². The topological polar surface area (TPSA) is 84.6 Å². The van der Waals surface area contributed by atoms with E-state index in [0.717, 1.165) is 25.2 Å². The van der Waals surface area contributed by atoms with Gasteiger partial charge in [-0.2, -0.15) is 0 Å². The summed E-state index contributed by atoms with van der Waals surface area (Å²) in [7, 11) is 5.18. The van der Waals surface area contributed by atoms with Gasteiger partial charge in [0, 0.05) is 51.4 Å². The van der Waals surface area contributed by atoms with Gasteiger partial charge < -0.3 is 19.9 Å². The fraction of sp³-hybridized carbons (Fsp3) is 0.346. The summed E-state index contributed by atoms with van der Waals surface area (Å²) < 4.78 is 38.8. The van der Waals surface area contributed by atoms with E-state index in [4.69, 9.17) is 4.74 Å². The average Bonchev–Trinajstić information content (AvgIpc) is 3.12. The highest BCUT2D eigenvalue weighted by molar-refractivity contribution is 6.04. The van der Waals surface area contributed by atoms with Gasteiger partial charge in [-0.15, -0.1) is 0 Å². The van der Waals surface area contributed by atoms with Gasteiger partial charge in [-0.1, -0.05) is 6.07 Å². The molecule has 0 aliphatic carbocycles. The van der Waals surface area contributed by atoms with Crippen LogP contribution in [0.25, 0.3) is 33.1 Å². The van der Waals surface area contributed by atoms with Crippen LogP contribution in [0.2, 0.25) is 0 Å². The Balaban J connectivity index is 1.53. The van der Waals surface area contributed by atoms with Crippen LogP contribution in [0.1, 0.15) is 0 Å². The summed E-state index contributed by atoms with van der Waals surface area (Å²) in [5.41, 5.74) is 1.70. The van der Waals surface area contributed by atoms with Gasteiger partial charge in [0.2, 0.25) is 0 Å². The number of pyridine rings is 1. The highest BCUT2D eigenvalue weighted by Crippen LogP contribution is 2.33. The van der Waals surface area contributed by atoms with Gasteiger partial charge in [-0.05, 0) is 36.9 Å². The van der Waals surface area contributed by atoms with Crippen molar-refractivity contribution in [1.29, 1.82) is 0 Å². The van der Waals surface area contributed by atoms with Crippen molar-refractivity contribution in [3.05, 3.63) is 58.6 Å². The van der Waals surface area contributed by atoms with Crippen LogP contribution in [0, 0.1) is 11.6 Å². The molecule has 37 heavy (non-hydrogen) atoms. The molecule has 3 heterocycles. The molecule has 5 rings (SSSR count). The van der Waals surface area contributed by atoms with Crippen LogP contribution >= 0.6 is 0 Å². The lowest BCUT2D eigenvalue weighted by atomic mass is 10.0. The summed E-state index contributed by atoms with van der Waals surface area (Å²) in [6.45, 7) is 3.20. The Morgan fingerprint density at radius 2 is 1.78 bits per heavy atom. The zero-order chi connectivity index (χ0) is 26.3. The van der Waals surface area contributed by atoms with E-state index < -0.39 is 17.7 Å². The second-order valence-corrected chi connectivity index (χ2v) is 9.25. The number of halogens is 2. The van der Waals surface area contributed by atoms with Crippen LogP contribution in [-0.2, 0) is 18.3 Å². The molecule has 0 atom stereocenters. The third-order valence-corrected chi connectivity index (χ3v) is 6.86. The molecule has 0 saturated carbocycles. The lowest BCUT2D eigenvalue weighted by Crippen LogP contribution is -2.48. The molecule has 1 N–H and O–H groups in total. The standard InChI is InChI=1S/C26H28F2N6O3/c1-31-6-8-33(9-7-31)25(35)30-17-13-19(27)23(20(28)14-17)16-4-5-21-18(12-16)24-22(15-29-21)32(2)26(36)34(24)10-11-37-3/h4-5,12-15H,6-11H2,1-3H3,(H,30,35). The molecule has 2 amide bonds. The maximum atomic E-state index is 15.3. The number of methoxy groups -OCH3 is 1. The van der Waals surface area contributed by atoms with Crippen LogP contribution in [0.5, 0.6) is 0 Å². The third-order valence-electron chi connectivity index (χ3n) is 6.86.